The van der Waals surface area contributed by atoms with E-state index in [4.69, 9.17) is 10.4 Å². The second-order valence-electron chi connectivity index (χ2n) is 3.15. The van der Waals surface area contributed by atoms with Crippen LogP contribution < -0.4 is 0 Å². The molecular formula is C10H12N2O2. The van der Waals surface area contributed by atoms with E-state index in [2.05, 4.69) is 4.98 Å². The lowest BCUT2D eigenvalue weighted by molar-refractivity contribution is 0.0521. The fraction of sp³-hybridized carbons (Fsp3) is 0.400. The minimum absolute atomic E-state index is 0.490. The van der Waals surface area contributed by atoms with E-state index in [1.54, 1.807) is 25.1 Å². The van der Waals surface area contributed by atoms with Gasteiger partial charge < -0.3 is 10.2 Å². The third kappa shape index (κ3) is 2.08. The molecule has 74 valence electrons. The van der Waals surface area contributed by atoms with Crippen LogP contribution in [0.3, 0.4) is 0 Å². The van der Waals surface area contributed by atoms with E-state index in [9.17, 15) is 5.11 Å². The van der Waals surface area contributed by atoms with Crippen molar-refractivity contribution in [3.8, 4) is 6.07 Å². The van der Waals surface area contributed by atoms with Gasteiger partial charge in [0, 0.05) is 17.0 Å². The summed E-state index contributed by atoms with van der Waals surface area (Å²) < 4.78 is 0. The lowest BCUT2D eigenvalue weighted by atomic mass is 10.0. The van der Waals surface area contributed by atoms with Gasteiger partial charge in [-0.15, -0.1) is 0 Å². The summed E-state index contributed by atoms with van der Waals surface area (Å²) in [4.78, 5) is 4.13. The first-order valence-corrected chi connectivity index (χ1v) is 4.26. The van der Waals surface area contributed by atoms with Gasteiger partial charge in [0.1, 0.15) is 6.10 Å². The molecule has 1 rings (SSSR count). The number of aryl methyl sites for hydroxylation is 2. The molecule has 4 nitrogen and oxygen atoms in total. The minimum atomic E-state index is -1.40. The van der Waals surface area contributed by atoms with Crippen LogP contribution in [0.25, 0.3) is 0 Å². The molecule has 0 radical (unpaired) electrons. The van der Waals surface area contributed by atoms with Crippen molar-refractivity contribution < 1.29 is 10.2 Å². The summed E-state index contributed by atoms with van der Waals surface area (Å²) in [5.74, 6) is 0. The molecule has 0 aliphatic heterocycles. The fourth-order valence-electron chi connectivity index (χ4n) is 1.25. The Morgan fingerprint density at radius 3 is 2.50 bits per heavy atom. The summed E-state index contributed by atoms with van der Waals surface area (Å²) in [7, 11) is 0. The van der Waals surface area contributed by atoms with Crippen molar-refractivity contribution in [1.82, 2.24) is 4.98 Å². The molecule has 0 amide bonds. The van der Waals surface area contributed by atoms with Crippen LogP contribution in [0.15, 0.2) is 12.1 Å². The van der Waals surface area contributed by atoms with Gasteiger partial charge in [-0.05, 0) is 19.9 Å². The van der Waals surface area contributed by atoms with Crippen LogP contribution in [-0.2, 0) is 0 Å². The number of rotatable bonds is 2. The Kier molecular flexibility index (Phi) is 3.18. The summed E-state index contributed by atoms with van der Waals surface area (Å²) in [5, 5.41) is 27.1. The van der Waals surface area contributed by atoms with Crippen LogP contribution in [-0.4, -0.2) is 21.3 Å². The highest BCUT2D eigenvalue weighted by Crippen LogP contribution is 2.19. The smallest absolute Gasteiger partial charge is 0.170 e. The van der Waals surface area contributed by atoms with Crippen molar-refractivity contribution in [2.75, 3.05) is 0 Å². The molecule has 0 saturated carbocycles. The molecule has 0 aromatic carbocycles. The Labute approximate surface area is 82.5 Å². The van der Waals surface area contributed by atoms with Gasteiger partial charge in [-0.1, -0.05) is 6.07 Å². The number of hydrogen-bond acceptors (Lipinski definition) is 4. The molecule has 1 heterocycles. The zero-order chi connectivity index (χ0) is 10.7. The van der Waals surface area contributed by atoms with Crippen LogP contribution in [0.4, 0.5) is 0 Å². The van der Waals surface area contributed by atoms with Gasteiger partial charge >= 0.3 is 0 Å². The molecule has 2 atom stereocenters. The molecule has 14 heavy (non-hydrogen) atoms. The second-order valence-corrected chi connectivity index (χ2v) is 3.15. The molecule has 2 N–H and O–H groups in total. The Bertz CT molecular complexity index is 371. The van der Waals surface area contributed by atoms with E-state index >= 15 is 0 Å². The Morgan fingerprint density at radius 2 is 2.00 bits per heavy atom. The van der Waals surface area contributed by atoms with Crippen LogP contribution in [0, 0.1) is 25.2 Å². The number of nitriles is 1. The zero-order valence-corrected chi connectivity index (χ0v) is 8.10. The Morgan fingerprint density at radius 1 is 1.36 bits per heavy atom. The quantitative estimate of drug-likeness (QED) is 0.673. The molecule has 0 fully saturated rings. The first-order valence-electron chi connectivity index (χ1n) is 4.26. The van der Waals surface area contributed by atoms with Gasteiger partial charge in [-0.2, -0.15) is 5.26 Å². The summed E-state index contributed by atoms with van der Waals surface area (Å²) in [6.45, 7) is 3.57. The van der Waals surface area contributed by atoms with Crippen molar-refractivity contribution in [2.24, 2.45) is 0 Å². The van der Waals surface area contributed by atoms with Gasteiger partial charge in [0.25, 0.3) is 0 Å². The summed E-state index contributed by atoms with van der Waals surface area (Å²) in [6, 6.07) is 4.98. The van der Waals surface area contributed by atoms with Gasteiger partial charge in [-0.25, -0.2) is 0 Å². The molecule has 0 aliphatic carbocycles. The van der Waals surface area contributed by atoms with Crippen molar-refractivity contribution >= 4 is 0 Å². The van der Waals surface area contributed by atoms with Crippen molar-refractivity contribution in [1.29, 1.82) is 5.26 Å². The number of aliphatic hydroxyl groups excluding tert-OH is 2. The number of aliphatic hydroxyl groups is 2. The molecule has 0 spiro atoms. The Hall–Kier alpha value is -1.44. The van der Waals surface area contributed by atoms with Gasteiger partial charge in [0.05, 0.1) is 6.07 Å². The topological polar surface area (TPSA) is 77.1 Å². The normalized spacial score (nSPS) is 14.5. The van der Waals surface area contributed by atoms with Crippen molar-refractivity contribution in [3.63, 3.8) is 0 Å². The highest BCUT2D eigenvalue weighted by molar-refractivity contribution is 5.25. The van der Waals surface area contributed by atoms with E-state index in [0.29, 0.717) is 11.3 Å². The molecule has 1 aromatic heterocycles. The molecule has 4 heteroatoms. The standard InChI is InChI=1S/C10H12N2O2/c1-6-3-4-8(7(2)12-6)10(14)9(13)5-11/h3-4,9-10,13-14H,1-2H3. The molecule has 2 unspecified atom stereocenters. The van der Waals surface area contributed by atoms with Crippen LogP contribution in [0.2, 0.25) is 0 Å². The average Bonchev–Trinajstić information content (AvgIpc) is 2.15. The maximum Gasteiger partial charge on any atom is 0.170 e. The third-order valence-corrected chi connectivity index (χ3v) is 2.02. The van der Waals surface area contributed by atoms with Crippen LogP contribution in [0.1, 0.15) is 23.1 Å². The molecule has 0 aliphatic rings. The largest absolute Gasteiger partial charge is 0.384 e. The molecule has 1 aromatic rings. The minimum Gasteiger partial charge on any atom is -0.384 e. The fourth-order valence-corrected chi connectivity index (χ4v) is 1.25. The lowest BCUT2D eigenvalue weighted by Gasteiger charge is -2.14. The van der Waals surface area contributed by atoms with E-state index in [1.165, 1.54) is 0 Å². The SMILES string of the molecule is Cc1ccc(C(O)C(O)C#N)c(C)n1. The molecule has 0 bridgehead atoms. The Balaban J connectivity index is 3.03. The van der Waals surface area contributed by atoms with Gasteiger partial charge in [-0.3, -0.25) is 4.98 Å². The summed E-state index contributed by atoms with van der Waals surface area (Å²) in [5.41, 5.74) is 1.96. The summed E-state index contributed by atoms with van der Waals surface area (Å²) >= 11 is 0. The van der Waals surface area contributed by atoms with E-state index in [0.717, 1.165) is 5.69 Å². The number of pyridine rings is 1. The van der Waals surface area contributed by atoms with E-state index in [-0.39, 0.29) is 0 Å². The maximum atomic E-state index is 9.55. The highest BCUT2D eigenvalue weighted by Gasteiger charge is 2.19. The third-order valence-electron chi connectivity index (χ3n) is 2.02. The van der Waals surface area contributed by atoms with Gasteiger partial charge in [0.15, 0.2) is 6.10 Å². The number of aromatic nitrogens is 1. The monoisotopic (exact) mass is 192 g/mol. The van der Waals surface area contributed by atoms with E-state index < -0.39 is 12.2 Å². The average molecular weight is 192 g/mol. The zero-order valence-electron chi connectivity index (χ0n) is 8.10. The first kappa shape index (κ1) is 10.6. The number of hydrogen-bond donors (Lipinski definition) is 2. The van der Waals surface area contributed by atoms with Crippen LogP contribution in [0.5, 0.6) is 0 Å². The predicted molar refractivity (Wildman–Crippen MR) is 50.3 cm³/mol. The van der Waals surface area contributed by atoms with E-state index in [1.807, 2.05) is 6.92 Å². The second kappa shape index (κ2) is 4.18. The number of nitrogens with zero attached hydrogens (tertiary/aromatic N) is 2. The predicted octanol–water partition coefficient (Wildman–Crippen LogP) is 0.616. The van der Waals surface area contributed by atoms with Gasteiger partial charge in [0.2, 0.25) is 0 Å². The maximum absolute atomic E-state index is 9.55. The molecule has 0 saturated heterocycles. The van der Waals surface area contributed by atoms with Crippen molar-refractivity contribution in [3.05, 3.63) is 29.1 Å². The van der Waals surface area contributed by atoms with Crippen LogP contribution >= 0.6 is 0 Å². The first-order chi connectivity index (χ1) is 6.56. The highest BCUT2D eigenvalue weighted by atomic mass is 16.3. The molecular weight excluding hydrogens is 180 g/mol. The van der Waals surface area contributed by atoms with Crippen molar-refractivity contribution in [2.45, 2.75) is 26.1 Å². The lowest BCUT2D eigenvalue weighted by Crippen LogP contribution is -2.17. The summed E-state index contributed by atoms with van der Waals surface area (Å²) in [6.07, 6.45) is -2.59.